The van der Waals surface area contributed by atoms with E-state index in [-0.39, 0.29) is 29.0 Å². The molecule has 34 heavy (non-hydrogen) atoms. The van der Waals surface area contributed by atoms with Crippen LogP contribution in [0.5, 0.6) is 0 Å². The van der Waals surface area contributed by atoms with Crippen LogP contribution in [0.15, 0.2) is 36.4 Å². The van der Waals surface area contributed by atoms with Gasteiger partial charge in [-0.1, -0.05) is 12.1 Å². The predicted octanol–water partition coefficient (Wildman–Crippen LogP) is 2.03. The molecule has 3 aliphatic rings. The standard InChI is InChI=1S/C25H27FN4O4/c26-20-5-4-16(14-29-8-10-34-11-9-29)12-17(20)13-27-21-3-1-2-18-19(21)15-30(25(18)33)22-6-7-23(31)28-24(22)32/h1-5,12,22,27H,6-11,13-15H2,(H,28,31,32)/i8D2,9D2,10D2,11D2,13D2,14D2,15D2. The maximum absolute atomic E-state index is 15.3. The normalized spacial score (nSPS) is 35.3. The second-order valence-corrected chi connectivity index (χ2v) is 7.40. The van der Waals surface area contributed by atoms with Gasteiger partial charge in [0.05, 0.1) is 24.1 Å². The van der Waals surface area contributed by atoms with Gasteiger partial charge in [-0.05, 0) is 36.2 Å². The van der Waals surface area contributed by atoms with E-state index in [1.807, 2.05) is 5.32 Å². The van der Waals surface area contributed by atoms with Crippen molar-refractivity contribution in [2.24, 2.45) is 0 Å². The molecule has 2 aromatic rings. The highest BCUT2D eigenvalue weighted by Gasteiger charge is 2.39. The minimum atomic E-state index is -3.69. The number of nitrogens with zero attached hydrogens (tertiary/aromatic N) is 2. The van der Waals surface area contributed by atoms with Crippen molar-refractivity contribution in [1.82, 2.24) is 15.1 Å². The first-order chi connectivity index (χ1) is 21.7. The molecule has 178 valence electrons. The van der Waals surface area contributed by atoms with Gasteiger partial charge in [-0.2, -0.15) is 0 Å². The minimum Gasteiger partial charge on any atom is -0.381 e. The van der Waals surface area contributed by atoms with Gasteiger partial charge < -0.3 is 15.0 Å². The number of imide groups is 1. The van der Waals surface area contributed by atoms with E-state index in [1.54, 1.807) is 0 Å². The summed E-state index contributed by atoms with van der Waals surface area (Å²) in [6.07, 6.45) is -0.359. The number of morpholine rings is 1. The molecule has 9 heteroatoms. The van der Waals surface area contributed by atoms with E-state index in [4.69, 9.17) is 19.2 Å². The summed E-state index contributed by atoms with van der Waals surface area (Å²) < 4.78 is 136. The zero-order chi connectivity index (χ0) is 36.2. The molecule has 3 aliphatic heterocycles. The smallest absolute Gasteiger partial charge is 0.255 e. The SMILES string of the molecule is [2H]C([2H])(Nc1cccc2c1C([2H])([2H])N(C1CCC(=O)NC1=O)C2=O)c1cc(C([2H])([2H])N2C([2H])([2H])C([2H])([2H])OC([2H])([2H])C2([2H])[2H])ccc1F. The van der Waals surface area contributed by atoms with Gasteiger partial charge in [0.2, 0.25) is 11.8 Å². The van der Waals surface area contributed by atoms with Gasteiger partial charge >= 0.3 is 0 Å². The minimum absolute atomic E-state index is 0.175. The Balaban J connectivity index is 1.55. The third-order valence-electron chi connectivity index (χ3n) is 5.22. The Kier molecular flexibility index (Phi) is 3.20. The van der Waals surface area contributed by atoms with Gasteiger partial charge in [-0.25, -0.2) is 4.39 Å². The third-order valence-corrected chi connectivity index (χ3v) is 5.22. The summed E-state index contributed by atoms with van der Waals surface area (Å²) in [6.45, 7) is -23.9. The number of hydrogen-bond acceptors (Lipinski definition) is 6. The quantitative estimate of drug-likeness (QED) is 0.615. The lowest BCUT2D eigenvalue weighted by Crippen LogP contribution is -2.52. The van der Waals surface area contributed by atoms with E-state index >= 15 is 4.39 Å². The van der Waals surface area contributed by atoms with E-state index in [1.165, 1.54) is 12.1 Å². The Morgan fingerprint density at radius 1 is 1.21 bits per heavy atom. The highest BCUT2D eigenvalue weighted by atomic mass is 19.1. The van der Waals surface area contributed by atoms with E-state index in [0.717, 1.165) is 6.07 Å². The average Bonchev–Trinajstić information content (AvgIpc) is 3.12. The number of anilines is 1. The van der Waals surface area contributed by atoms with Gasteiger partial charge in [0.25, 0.3) is 5.91 Å². The van der Waals surface area contributed by atoms with Crippen LogP contribution < -0.4 is 10.6 Å². The van der Waals surface area contributed by atoms with E-state index in [0.29, 0.717) is 23.1 Å². The fourth-order valence-electron chi connectivity index (χ4n) is 3.60. The first-order valence-corrected chi connectivity index (χ1v) is 10.1. The highest BCUT2D eigenvalue weighted by Crippen LogP contribution is 2.32. The van der Waals surface area contributed by atoms with Crippen LogP contribution >= 0.6 is 0 Å². The van der Waals surface area contributed by atoms with Crippen LogP contribution in [0.25, 0.3) is 0 Å². The number of ether oxygens (including phenoxy) is 1. The first-order valence-electron chi connectivity index (χ1n) is 17.1. The summed E-state index contributed by atoms with van der Waals surface area (Å²) in [7, 11) is 0. The van der Waals surface area contributed by atoms with Crippen molar-refractivity contribution in [3.05, 3.63) is 64.5 Å². The molecule has 2 aromatic carbocycles. The largest absolute Gasteiger partial charge is 0.381 e. The van der Waals surface area contributed by atoms with Gasteiger partial charge in [-0.15, -0.1) is 0 Å². The third kappa shape index (κ3) is 4.53. The summed E-state index contributed by atoms with van der Waals surface area (Å²) in [5.74, 6) is -3.76. The van der Waals surface area contributed by atoms with Crippen LogP contribution in [0, 0.1) is 5.82 Å². The molecule has 3 heterocycles. The fourth-order valence-corrected chi connectivity index (χ4v) is 3.60. The van der Waals surface area contributed by atoms with Crippen LogP contribution in [-0.2, 0) is 33.8 Å². The number of nitrogens with one attached hydrogen (secondary N) is 2. The highest BCUT2D eigenvalue weighted by molar-refractivity contribution is 6.06. The molecule has 0 spiro atoms. The van der Waals surface area contributed by atoms with E-state index in [2.05, 4.69) is 10.1 Å². The van der Waals surface area contributed by atoms with Crippen molar-refractivity contribution < 1.29 is 42.7 Å². The Hall–Kier alpha value is -3.30. The maximum Gasteiger partial charge on any atom is 0.255 e. The zero-order valence-corrected chi connectivity index (χ0v) is 17.4. The molecule has 8 nitrogen and oxygen atoms in total. The van der Waals surface area contributed by atoms with Gasteiger partial charge in [-0.3, -0.25) is 24.6 Å². The number of carbonyl (C=O) groups excluding carboxylic acids is 3. The lowest BCUT2D eigenvalue weighted by Gasteiger charge is -2.29. The number of amides is 3. The molecule has 2 saturated heterocycles. The molecule has 5 rings (SSSR count). The molecule has 0 bridgehead atoms. The van der Waals surface area contributed by atoms with Crippen molar-refractivity contribution >= 4 is 23.4 Å². The molecule has 0 aromatic heterocycles. The van der Waals surface area contributed by atoms with Crippen molar-refractivity contribution in [3.63, 3.8) is 0 Å². The Morgan fingerprint density at radius 2 is 2.03 bits per heavy atom. The monoisotopic (exact) mass is 480 g/mol. The number of fused-ring (bicyclic) bond motifs is 1. The molecule has 1 atom stereocenters. The van der Waals surface area contributed by atoms with Gasteiger partial charge in [0, 0.05) is 69.5 Å². The van der Waals surface area contributed by atoms with Crippen molar-refractivity contribution in [2.75, 3.05) is 31.4 Å². The van der Waals surface area contributed by atoms with Gasteiger partial charge in [0.1, 0.15) is 11.9 Å². The number of hydrogen-bond donors (Lipinski definition) is 2. The molecule has 2 N–H and O–H groups in total. The Morgan fingerprint density at radius 3 is 2.82 bits per heavy atom. The number of halogens is 1. The molecule has 3 amide bonds. The van der Waals surface area contributed by atoms with Crippen LogP contribution in [0.1, 0.15) is 59.1 Å². The molecule has 2 fully saturated rings. The Bertz CT molecular complexity index is 1700. The predicted molar refractivity (Wildman–Crippen MR) is 122 cm³/mol. The molecular formula is C25H27FN4O4. The number of piperidine rings is 1. The van der Waals surface area contributed by atoms with Crippen molar-refractivity contribution in [3.8, 4) is 0 Å². The van der Waals surface area contributed by atoms with Crippen LogP contribution in [0.3, 0.4) is 0 Å². The Labute approximate surface area is 216 Å². The van der Waals surface area contributed by atoms with Crippen LogP contribution in [0.4, 0.5) is 10.1 Å². The van der Waals surface area contributed by atoms with Crippen LogP contribution in [0.2, 0.25) is 0 Å². The fraction of sp³-hybridized carbons (Fsp3) is 0.400. The second-order valence-electron chi connectivity index (χ2n) is 7.40. The number of benzene rings is 2. The van der Waals surface area contributed by atoms with Gasteiger partial charge in [0.15, 0.2) is 0 Å². The summed E-state index contributed by atoms with van der Waals surface area (Å²) in [6, 6.07) is 4.08. The summed E-state index contributed by atoms with van der Waals surface area (Å²) in [5.41, 5.74) is -2.85. The topological polar surface area (TPSA) is 91.0 Å². The lowest BCUT2D eigenvalue weighted by atomic mass is 10.0. The number of carbonyl (C=O) groups is 3. The van der Waals surface area contributed by atoms with Crippen LogP contribution in [-0.4, -0.2) is 59.7 Å². The molecule has 0 radical (unpaired) electrons. The molecule has 0 saturated carbocycles. The maximum atomic E-state index is 15.3. The zero-order valence-electron chi connectivity index (χ0n) is 31.4. The molecule has 1 unspecified atom stereocenters. The lowest BCUT2D eigenvalue weighted by molar-refractivity contribution is -0.136. The second kappa shape index (κ2) is 9.52. The van der Waals surface area contributed by atoms with Crippen molar-refractivity contribution in [2.45, 2.75) is 38.4 Å². The molecular weight excluding hydrogens is 439 g/mol. The first kappa shape index (κ1) is 11.4. The number of rotatable bonds is 6. The van der Waals surface area contributed by atoms with E-state index < -0.39 is 91.9 Å². The summed E-state index contributed by atoms with van der Waals surface area (Å²) >= 11 is 0. The molecule has 0 aliphatic carbocycles. The van der Waals surface area contributed by atoms with Crippen molar-refractivity contribution in [1.29, 1.82) is 0 Å². The summed E-state index contributed by atoms with van der Waals surface area (Å²) in [4.78, 5) is 37.8. The van der Waals surface area contributed by atoms with E-state index in [9.17, 15) is 14.4 Å². The average molecular weight is 481 g/mol. The summed E-state index contributed by atoms with van der Waals surface area (Å²) in [5, 5.41) is 4.35.